The van der Waals surface area contributed by atoms with Crippen molar-refractivity contribution in [2.24, 2.45) is 0 Å². The summed E-state index contributed by atoms with van der Waals surface area (Å²) < 4.78 is 15.9. The van der Waals surface area contributed by atoms with Gasteiger partial charge in [-0.05, 0) is 12.5 Å². The second-order valence-electron chi connectivity index (χ2n) is 5.08. The van der Waals surface area contributed by atoms with Gasteiger partial charge in [0.25, 0.3) is 0 Å². The van der Waals surface area contributed by atoms with E-state index < -0.39 is 5.78 Å². The van der Waals surface area contributed by atoms with Crippen molar-refractivity contribution in [3.8, 4) is 17.2 Å². The molecular weight excluding hydrogens is 300 g/mol. The number of furan rings is 1. The Morgan fingerprint density at radius 1 is 1.26 bits per heavy atom. The summed E-state index contributed by atoms with van der Waals surface area (Å²) in [6.45, 7) is 1.58. The molecular formula is C16H18N2O5. The number of phenolic OH excluding ortho intramolecular Hbond substituents is 1. The van der Waals surface area contributed by atoms with Crippen molar-refractivity contribution in [2.75, 3.05) is 27.3 Å². The molecule has 0 saturated carbocycles. The highest BCUT2D eigenvalue weighted by molar-refractivity contribution is 6.14. The van der Waals surface area contributed by atoms with Crippen molar-refractivity contribution in [2.45, 2.75) is 6.42 Å². The molecule has 3 N–H and O–H groups in total. The third-order valence-electron chi connectivity index (χ3n) is 3.71. The largest absolute Gasteiger partial charge is 0.504 e. The maximum Gasteiger partial charge on any atom is 0.205 e. The van der Waals surface area contributed by atoms with Gasteiger partial charge in [0.2, 0.25) is 5.75 Å². The number of ether oxygens (including phenoxy) is 2. The van der Waals surface area contributed by atoms with E-state index in [1.807, 2.05) is 0 Å². The number of hydrogen-bond acceptors (Lipinski definition) is 7. The predicted octanol–water partition coefficient (Wildman–Crippen LogP) is 1.76. The van der Waals surface area contributed by atoms with Gasteiger partial charge in [-0.2, -0.15) is 0 Å². The van der Waals surface area contributed by atoms with Gasteiger partial charge >= 0.3 is 0 Å². The van der Waals surface area contributed by atoms with E-state index in [0.717, 1.165) is 19.5 Å². The highest BCUT2D eigenvalue weighted by Gasteiger charge is 2.26. The van der Waals surface area contributed by atoms with Crippen molar-refractivity contribution < 1.29 is 23.8 Å². The van der Waals surface area contributed by atoms with Gasteiger partial charge in [0.15, 0.2) is 17.1 Å². The highest BCUT2D eigenvalue weighted by Crippen LogP contribution is 2.45. The number of nitrogens with one attached hydrogen (secondary N) is 2. The molecule has 2 aromatic rings. The third-order valence-corrected chi connectivity index (χ3v) is 3.71. The molecule has 0 spiro atoms. The van der Waals surface area contributed by atoms with Crippen molar-refractivity contribution in [1.82, 2.24) is 10.6 Å². The summed E-state index contributed by atoms with van der Waals surface area (Å²) in [7, 11) is 2.84. The predicted molar refractivity (Wildman–Crippen MR) is 84.0 cm³/mol. The monoisotopic (exact) mass is 318 g/mol. The van der Waals surface area contributed by atoms with Crippen LogP contribution in [-0.4, -0.2) is 38.2 Å². The second kappa shape index (κ2) is 6.12. The molecule has 3 rings (SSSR count). The first-order valence-electron chi connectivity index (χ1n) is 7.25. The Bertz CT molecular complexity index is 770. The standard InChI is InChI=1S/C16H18N2O5/c1-21-14-9-4-7-23-15(9)16(22-2)13(20)12(14)10(19)8-11-17-5-3-6-18-11/h4,7-8,17-18,20H,3,5-6H2,1-2H3. The molecule has 1 aromatic heterocycles. The molecule has 0 unspecified atom stereocenters. The topological polar surface area (TPSA) is 93.0 Å². The Balaban J connectivity index is 2.15. The molecule has 1 fully saturated rings. The van der Waals surface area contributed by atoms with Crippen molar-refractivity contribution in [1.29, 1.82) is 0 Å². The van der Waals surface area contributed by atoms with Crippen LogP contribution in [0.3, 0.4) is 0 Å². The molecule has 122 valence electrons. The molecule has 0 atom stereocenters. The number of methoxy groups -OCH3 is 2. The lowest BCUT2D eigenvalue weighted by atomic mass is 10.0. The Kier molecular flexibility index (Phi) is 4.01. The van der Waals surface area contributed by atoms with Crippen LogP contribution in [0.25, 0.3) is 11.0 Å². The fraction of sp³-hybridized carbons (Fsp3) is 0.312. The molecule has 2 heterocycles. The fourth-order valence-corrected chi connectivity index (χ4v) is 2.66. The summed E-state index contributed by atoms with van der Waals surface area (Å²) in [5, 5.41) is 17.2. The number of aromatic hydroxyl groups is 1. The maximum atomic E-state index is 12.7. The lowest BCUT2D eigenvalue weighted by molar-refractivity contribution is 0.103. The zero-order chi connectivity index (χ0) is 16.4. The summed E-state index contributed by atoms with van der Waals surface area (Å²) in [4.78, 5) is 12.7. The van der Waals surface area contributed by atoms with E-state index in [4.69, 9.17) is 13.9 Å². The van der Waals surface area contributed by atoms with E-state index in [9.17, 15) is 9.90 Å². The van der Waals surface area contributed by atoms with E-state index in [1.165, 1.54) is 26.6 Å². The average Bonchev–Trinajstić information content (AvgIpc) is 3.03. The first-order valence-corrected chi connectivity index (χ1v) is 7.25. The van der Waals surface area contributed by atoms with E-state index in [1.54, 1.807) is 6.07 Å². The lowest BCUT2D eigenvalue weighted by Gasteiger charge is -2.19. The Morgan fingerprint density at radius 2 is 1.96 bits per heavy atom. The summed E-state index contributed by atoms with van der Waals surface area (Å²) in [6.07, 6.45) is 3.84. The number of fused-ring (bicyclic) bond motifs is 1. The molecule has 1 aromatic carbocycles. The molecule has 1 saturated heterocycles. The summed E-state index contributed by atoms with van der Waals surface area (Å²) >= 11 is 0. The molecule has 0 amide bonds. The number of hydrogen-bond donors (Lipinski definition) is 3. The molecule has 1 aliphatic rings. The van der Waals surface area contributed by atoms with Gasteiger partial charge < -0.3 is 29.6 Å². The van der Waals surface area contributed by atoms with E-state index in [-0.39, 0.29) is 22.8 Å². The number of allylic oxidation sites excluding steroid dienone is 1. The zero-order valence-corrected chi connectivity index (χ0v) is 12.9. The quantitative estimate of drug-likeness (QED) is 0.584. The Morgan fingerprint density at radius 3 is 2.61 bits per heavy atom. The van der Waals surface area contributed by atoms with Gasteiger partial charge in [0.1, 0.15) is 17.1 Å². The minimum Gasteiger partial charge on any atom is -0.504 e. The van der Waals surface area contributed by atoms with Crippen LogP contribution in [0.5, 0.6) is 17.2 Å². The van der Waals surface area contributed by atoms with E-state index >= 15 is 0 Å². The number of benzene rings is 1. The summed E-state index contributed by atoms with van der Waals surface area (Å²) in [5.74, 6) is 0.290. The summed E-state index contributed by atoms with van der Waals surface area (Å²) in [5.41, 5.74) is 0.375. The molecule has 23 heavy (non-hydrogen) atoms. The smallest absolute Gasteiger partial charge is 0.205 e. The third kappa shape index (κ3) is 2.54. The average molecular weight is 318 g/mol. The number of rotatable bonds is 4. The number of carbonyl (C=O) groups is 1. The minimum atomic E-state index is -0.391. The van der Waals surface area contributed by atoms with Crippen LogP contribution in [-0.2, 0) is 0 Å². The Hall–Kier alpha value is -2.83. The molecule has 7 heteroatoms. The van der Waals surface area contributed by atoms with Crippen molar-refractivity contribution in [3.63, 3.8) is 0 Å². The number of ketones is 1. The molecule has 0 aliphatic carbocycles. The van der Waals surface area contributed by atoms with Crippen LogP contribution < -0.4 is 20.1 Å². The van der Waals surface area contributed by atoms with Crippen LogP contribution in [0.1, 0.15) is 16.8 Å². The number of phenols is 1. The van der Waals surface area contributed by atoms with Gasteiger partial charge in [0, 0.05) is 19.2 Å². The minimum absolute atomic E-state index is 0.0416. The van der Waals surface area contributed by atoms with E-state index in [2.05, 4.69) is 10.6 Å². The summed E-state index contributed by atoms with van der Waals surface area (Å²) in [6, 6.07) is 1.66. The van der Waals surface area contributed by atoms with Crippen LogP contribution in [0.4, 0.5) is 0 Å². The first-order chi connectivity index (χ1) is 11.2. The second-order valence-corrected chi connectivity index (χ2v) is 5.08. The van der Waals surface area contributed by atoms with Crippen LogP contribution in [0, 0.1) is 0 Å². The first kappa shape index (κ1) is 15.1. The Labute approximate surface area is 132 Å². The molecule has 0 radical (unpaired) electrons. The fourth-order valence-electron chi connectivity index (χ4n) is 2.66. The van der Waals surface area contributed by atoms with Crippen LogP contribution >= 0.6 is 0 Å². The molecule has 0 bridgehead atoms. The lowest BCUT2D eigenvalue weighted by Crippen LogP contribution is -2.35. The van der Waals surface area contributed by atoms with Crippen molar-refractivity contribution in [3.05, 3.63) is 29.8 Å². The highest BCUT2D eigenvalue weighted by atomic mass is 16.5. The van der Waals surface area contributed by atoms with Crippen LogP contribution in [0.2, 0.25) is 0 Å². The van der Waals surface area contributed by atoms with Crippen LogP contribution in [0.15, 0.2) is 28.6 Å². The molecule has 1 aliphatic heterocycles. The SMILES string of the molecule is COc1c(C(=O)C=C2NCCCN2)c(O)c(OC)c2occc12. The molecule has 7 nitrogen and oxygen atoms in total. The van der Waals surface area contributed by atoms with E-state index in [0.29, 0.717) is 16.8 Å². The van der Waals surface area contributed by atoms with Gasteiger partial charge in [0.05, 0.1) is 25.9 Å². The maximum absolute atomic E-state index is 12.7. The van der Waals surface area contributed by atoms with Gasteiger partial charge in [-0.1, -0.05) is 0 Å². The van der Waals surface area contributed by atoms with Gasteiger partial charge in [-0.15, -0.1) is 0 Å². The normalized spacial score (nSPS) is 14.1. The zero-order valence-electron chi connectivity index (χ0n) is 12.9. The van der Waals surface area contributed by atoms with Gasteiger partial charge in [-0.25, -0.2) is 0 Å². The number of carbonyl (C=O) groups excluding carboxylic acids is 1. The van der Waals surface area contributed by atoms with Gasteiger partial charge in [-0.3, -0.25) is 4.79 Å². The van der Waals surface area contributed by atoms with Crippen molar-refractivity contribution >= 4 is 16.8 Å².